The molecule has 0 saturated heterocycles. The minimum Gasteiger partial charge on any atom is -0.493 e. The van der Waals surface area contributed by atoms with E-state index >= 15 is 0 Å². The van der Waals surface area contributed by atoms with Crippen LogP contribution in [0.5, 0.6) is 5.75 Å². The van der Waals surface area contributed by atoms with E-state index in [-0.39, 0.29) is 0 Å². The lowest BCUT2D eigenvalue weighted by atomic mass is 10.00. The molecule has 0 aliphatic carbocycles. The van der Waals surface area contributed by atoms with E-state index in [1.807, 2.05) is 0 Å². The Kier molecular flexibility index (Phi) is 4.61. The third kappa shape index (κ3) is 3.24. The van der Waals surface area contributed by atoms with E-state index < -0.39 is 0 Å². The molecular formula is C15H24N2O. The summed E-state index contributed by atoms with van der Waals surface area (Å²) in [5.74, 6) is 1.09. The molecule has 3 heteroatoms. The second kappa shape index (κ2) is 6.21. The van der Waals surface area contributed by atoms with Crippen molar-refractivity contribution in [2.75, 3.05) is 33.8 Å². The number of hydrogen-bond donors (Lipinski definition) is 1. The normalized spacial score (nSPS) is 19.2. The largest absolute Gasteiger partial charge is 0.493 e. The lowest BCUT2D eigenvalue weighted by molar-refractivity contribution is 0.312. The van der Waals surface area contributed by atoms with Gasteiger partial charge in [0.15, 0.2) is 0 Å². The van der Waals surface area contributed by atoms with E-state index in [4.69, 9.17) is 4.74 Å². The van der Waals surface area contributed by atoms with Crippen LogP contribution in [0.4, 0.5) is 0 Å². The molecule has 1 aliphatic rings. The topological polar surface area (TPSA) is 24.5 Å². The van der Waals surface area contributed by atoms with Crippen molar-refractivity contribution in [1.29, 1.82) is 0 Å². The third-order valence-electron chi connectivity index (χ3n) is 3.45. The predicted octanol–water partition coefficient (Wildman–Crippen LogP) is 2.36. The summed E-state index contributed by atoms with van der Waals surface area (Å²) in [6.07, 6.45) is 2.28. The van der Waals surface area contributed by atoms with Gasteiger partial charge in [0.1, 0.15) is 5.75 Å². The second-order valence-electron chi connectivity index (χ2n) is 5.29. The van der Waals surface area contributed by atoms with Gasteiger partial charge in [0, 0.05) is 24.7 Å². The number of fused-ring (bicyclic) bond motifs is 1. The number of rotatable bonds is 4. The van der Waals surface area contributed by atoms with Crippen molar-refractivity contribution in [3.8, 4) is 5.75 Å². The Bertz CT molecular complexity index is 390. The van der Waals surface area contributed by atoms with E-state index in [1.54, 1.807) is 0 Å². The summed E-state index contributed by atoms with van der Waals surface area (Å²) in [6.45, 7) is 5.05. The Labute approximate surface area is 110 Å². The van der Waals surface area contributed by atoms with Gasteiger partial charge >= 0.3 is 0 Å². The van der Waals surface area contributed by atoms with Gasteiger partial charge in [0.05, 0.1) is 6.61 Å². The molecule has 1 aromatic rings. The highest BCUT2D eigenvalue weighted by Crippen LogP contribution is 2.33. The molecule has 1 atom stereocenters. The van der Waals surface area contributed by atoms with E-state index in [0.717, 1.165) is 38.3 Å². The minimum absolute atomic E-state index is 0.433. The maximum Gasteiger partial charge on any atom is 0.126 e. The molecule has 0 spiro atoms. The van der Waals surface area contributed by atoms with Crippen LogP contribution in [0.25, 0.3) is 0 Å². The van der Waals surface area contributed by atoms with Gasteiger partial charge in [-0.2, -0.15) is 0 Å². The fraction of sp³-hybridized carbons (Fsp3) is 0.600. The van der Waals surface area contributed by atoms with Crippen LogP contribution in [-0.2, 0) is 0 Å². The molecule has 0 radical (unpaired) electrons. The fourth-order valence-electron chi connectivity index (χ4n) is 2.44. The van der Waals surface area contributed by atoms with Crippen molar-refractivity contribution in [2.45, 2.75) is 25.8 Å². The summed E-state index contributed by atoms with van der Waals surface area (Å²) >= 11 is 0. The Morgan fingerprint density at radius 3 is 3.00 bits per heavy atom. The van der Waals surface area contributed by atoms with Gasteiger partial charge < -0.3 is 15.0 Å². The molecule has 0 bridgehead atoms. The molecule has 18 heavy (non-hydrogen) atoms. The maximum atomic E-state index is 5.89. The Hall–Kier alpha value is -1.06. The highest BCUT2D eigenvalue weighted by Gasteiger charge is 2.20. The van der Waals surface area contributed by atoms with Gasteiger partial charge in [0.25, 0.3) is 0 Å². The lowest BCUT2D eigenvalue weighted by Gasteiger charge is -2.20. The first-order chi connectivity index (χ1) is 8.68. The van der Waals surface area contributed by atoms with Gasteiger partial charge in [-0.1, -0.05) is 18.2 Å². The first kappa shape index (κ1) is 13.4. The number of aryl methyl sites for hydroxylation is 1. The summed E-state index contributed by atoms with van der Waals surface area (Å²) in [4.78, 5) is 2.21. The molecule has 1 aliphatic heterocycles. The van der Waals surface area contributed by atoms with Crippen LogP contribution < -0.4 is 10.1 Å². The summed E-state index contributed by atoms with van der Waals surface area (Å²) in [7, 11) is 4.21. The molecule has 1 N–H and O–H groups in total. The van der Waals surface area contributed by atoms with E-state index in [1.165, 1.54) is 11.1 Å². The molecule has 1 unspecified atom stereocenters. The molecule has 3 nitrogen and oxygen atoms in total. The number of likely N-dealkylation sites (N-methyl/N-ethyl adjacent to an activating group) is 1. The van der Waals surface area contributed by atoms with Crippen molar-refractivity contribution < 1.29 is 4.74 Å². The number of para-hydroxylation sites is 1. The van der Waals surface area contributed by atoms with Crippen molar-refractivity contribution in [2.24, 2.45) is 0 Å². The SMILES string of the molecule is Cc1cccc2c1OCCCC2NCCN(C)C. The number of ether oxygens (including phenoxy) is 1. The van der Waals surface area contributed by atoms with Gasteiger partial charge in [-0.25, -0.2) is 0 Å². The van der Waals surface area contributed by atoms with Crippen LogP contribution in [-0.4, -0.2) is 38.7 Å². The van der Waals surface area contributed by atoms with Gasteiger partial charge in [-0.3, -0.25) is 0 Å². The van der Waals surface area contributed by atoms with Crippen molar-refractivity contribution in [1.82, 2.24) is 10.2 Å². The molecule has 1 aromatic carbocycles. The van der Waals surface area contributed by atoms with Gasteiger partial charge in [-0.05, 0) is 39.4 Å². The maximum absolute atomic E-state index is 5.89. The first-order valence-electron chi connectivity index (χ1n) is 6.79. The Morgan fingerprint density at radius 2 is 2.22 bits per heavy atom. The zero-order chi connectivity index (χ0) is 13.0. The Morgan fingerprint density at radius 1 is 1.39 bits per heavy atom. The van der Waals surface area contributed by atoms with Crippen LogP contribution in [0.15, 0.2) is 18.2 Å². The Balaban J connectivity index is 2.10. The monoisotopic (exact) mass is 248 g/mol. The van der Waals surface area contributed by atoms with Crippen molar-refractivity contribution >= 4 is 0 Å². The van der Waals surface area contributed by atoms with Crippen LogP contribution in [0.2, 0.25) is 0 Å². The number of hydrogen-bond acceptors (Lipinski definition) is 3. The van der Waals surface area contributed by atoms with E-state index in [2.05, 4.69) is 49.4 Å². The zero-order valence-corrected chi connectivity index (χ0v) is 11.7. The first-order valence-corrected chi connectivity index (χ1v) is 6.79. The van der Waals surface area contributed by atoms with Gasteiger partial charge in [-0.15, -0.1) is 0 Å². The summed E-state index contributed by atoms with van der Waals surface area (Å²) in [5, 5.41) is 3.65. The summed E-state index contributed by atoms with van der Waals surface area (Å²) in [6, 6.07) is 6.88. The molecule has 0 aromatic heterocycles. The molecule has 0 saturated carbocycles. The van der Waals surface area contributed by atoms with Crippen molar-refractivity contribution in [3.05, 3.63) is 29.3 Å². The quantitative estimate of drug-likeness (QED) is 0.885. The highest BCUT2D eigenvalue weighted by atomic mass is 16.5. The lowest BCUT2D eigenvalue weighted by Crippen LogP contribution is -2.29. The average Bonchev–Trinajstić information content (AvgIpc) is 2.53. The van der Waals surface area contributed by atoms with Gasteiger partial charge in [0.2, 0.25) is 0 Å². The molecule has 2 rings (SSSR count). The standard InChI is InChI=1S/C15H24N2O/c1-12-6-4-7-13-14(16-9-10-17(2)3)8-5-11-18-15(12)13/h4,6-7,14,16H,5,8-11H2,1-3H3. The fourth-order valence-corrected chi connectivity index (χ4v) is 2.44. The molecule has 0 fully saturated rings. The third-order valence-corrected chi connectivity index (χ3v) is 3.45. The molecule has 1 heterocycles. The van der Waals surface area contributed by atoms with E-state index in [0.29, 0.717) is 6.04 Å². The van der Waals surface area contributed by atoms with Crippen LogP contribution in [0.3, 0.4) is 0 Å². The van der Waals surface area contributed by atoms with Crippen molar-refractivity contribution in [3.63, 3.8) is 0 Å². The summed E-state index contributed by atoms with van der Waals surface area (Å²) < 4.78 is 5.89. The van der Waals surface area contributed by atoms with Crippen LogP contribution >= 0.6 is 0 Å². The number of nitrogens with one attached hydrogen (secondary N) is 1. The number of nitrogens with zero attached hydrogens (tertiary/aromatic N) is 1. The molecule has 0 amide bonds. The average molecular weight is 248 g/mol. The van der Waals surface area contributed by atoms with Crippen LogP contribution in [0, 0.1) is 6.92 Å². The highest BCUT2D eigenvalue weighted by molar-refractivity contribution is 5.43. The molecular weight excluding hydrogens is 224 g/mol. The minimum atomic E-state index is 0.433. The predicted molar refractivity (Wildman–Crippen MR) is 75.2 cm³/mol. The second-order valence-corrected chi connectivity index (χ2v) is 5.29. The van der Waals surface area contributed by atoms with E-state index in [9.17, 15) is 0 Å². The zero-order valence-electron chi connectivity index (χ0n) is 11.7. The van der Waals surface area contributed by atoms with Crippen LogP contribution in [0.1, 0.15) is 30.0 Å². The molecule has 100 valence electrons. The summed E-state index contributed by atoms with van der Waals surface area (Å²) in [5.41, 5.74) is 2.57. The smallest absolute Gasteiger partial charge is 0.126 e. The number of benzene rings is 1.